The van der Waals surface area contributed by atoms with Gasteiger partial charge >= 0.3 is 6.03 Å². The molecule has 0 saturated carbocycles. The normalized spacial score (nSPS) is 15.2. The topological polar surface area (TPSA) is 382 Å². The SMILES string of the molecule is COc1ccc(-c2cc(NC(=O)CCC(=O)N(CCCNC(=O)CCCCC3SC[C@@H]4NC(=O)N[C@H]34)CC(=O)NCCN(CCNC(=O)CN(C)C(=O)CCCOc3ccc(CN4CCN(c5ccccc5OC)CC4)cc3OC)CCNC(=O)CN(C)C(=O)CCCOc3ccc(CN4CCN(c5ccccc5OC)CC4)cc3OC)nc(-c3ccc(OC)cc3OC)n2)c(OC)c1. The number of fused-ring (bicyclic) bond motifs is 1. The van der Waals surface area contributed by atoms with Gasteiger partial charge in [-0.2, -0.15) is 11.8 Å². The number of carbonyl (C=O) groups excluding carboxylic acids is 9. The third-order valence-corrected chi connectivity index (χ3v) is 25.4. The smallest absolute Gasteiger partial charge is 0.315 e. The summed E-state index contributed by atoms with van der Waals surface area (Å²) in [7, 11) is 15.8. The highest BCUT2D eigenvalue weighted by Gasteiger charge is 2.43. The number of thioether (sulfide) groups is 1. The Balaban J connectivity index is 0.678. The summed E-state index contributed by atoms with van der Waals surface area (Å²) in [6.45, 7) is 9.17. The molecule has 5 heterocycles. The van der Waals surface area contributed by atoms with E-state index in [2.05, 4.69) is 68.9 Å². The number of likely N-dealkylation sites (N-methyl/N-ethyl adjacent to an activating group) is 2. The standard InChI is InChI=1S/C97H131N17O19S/c1-107(92(120)26-17-54-132-79-34-28-67(56-83(79)130-9)61-110-46-50-112(51-47-110)75-20-11-13-22-77(75)126-5)63-89(117)99-39-43-109(44-40-100-90(118)64-108(2)93(121)27-18-55-133-80-35-29-68(57-84(80)131-10)62-111-48-52-113(53-49-111)76-21-12-14-23-78(76)127-6)45-41-101-91(119)65-114(42-19-38-98-87(115)25-16-15-24-85-95-74(66-134-85)103-97(123)106-95)94(122)37-36-88(116)104-86-60-73(71-32-30-69(124-3)58-81(71)128-7)102-96(105-86)72-33-31-70(125-4)59-82(72)129-8/h11-14,20-23,28-35,56-60,74,85,95H,15-19,24-27,36-55,61-66H2,1-10H3,(H,98,115)(H,99,117)(H,100,118)(H,101,119)(H2,103,106,123)(H,102,104,105,116)/t74-,85?,95-/m0/s1. The molecule has 4 fully saturated rings. The predicted molar refractivity (Wildman–Crippen MR) is 512 cm³/mol. The zero-order valence-corrected chi connectivity index (χ0v) is 79.6. The van der Waals surface area contributed by atoms with Crippen LogP contribution < -0.4 is 94.4 Å². The molecular weight excluding hydrogens is 1740 g/mol. The van der Waals surface area contributed by atoms with Crippen LogP contribution in [-0.4, -0.2) is 324 Å². The molecule has 1 aromatic heterocycles. The second-order valence-corrected chi connectivity index (χ2v) is 34.4. The monoisotopic (exact) mass is 1870 g/mol. The van der Waals surface area contributed by atoms with Crippen LogP contribution in [0.3, 0.4) is 0 Å². The Bertz CT molecular complexity index is 4820. The van der Waals surface area contributed by atoms with Crippen molar-refractivity contribution in [1.29, 1.82) is 0 Å². The van der Waals surface area contributed by atoms with Gasteiger partial charge in [0.25, 0.3) is 0 Å². The molecule has 11 rings (SSSR count). The lowest BCUT2D eigenvalue weighted by molar-refractivity contribution is -0.137. The van der Waals surface area contributed by atoms with Gasteiger partial charge in [-0.05, 0) is 116 Å². The summed E-state index contributed by atoms with van der Waals surface area (Å²) in [5, 5.41) is 20.8. The molecule has 37 heteroatoms. The highest BCUT2D eigenvalue weighted by Crippen LogP contribution is 2.40. The lowest BCUT2D eigenvalue weighted by Gasteiger charge is -2.36. The number of nitrogens with zero attached hydrogens (tertiary/aromatic N) is 10. The van der Waals surface area contributed by atoms with Crippen LogP contribution >= 0.6 is 11.8 Å². The van der Waals surface area contributed by atoms with Crippen LogP contribution in [0.1, 0.15) is 81.8 Å². The van der Waals surface area contributed by atoms with Crippen LogP contribution in [0.4, 0.5) is 22.0 Å². The summed E-state index contributed by atoms with van der Waals surface area (Å²) in [6.07, 6.45) is 3.14. The number of piperazine rings is 2. The Morgan fingerprint density at radius 2 is 0.925 bits per heavy atom. The molecule has 4 aliphatic heterocycles. The molecule has 4 saturated heterocycles. The van der Waals surface area contributed by atoms with Crippen molar-refractivity contribution in [1.82, 2.24) is 71.3 Å². The molecule has 0 bridgehead atoms. The average molecular weight is 1870 g/mol. The van der Waals surface area contributed by atoms with Crippen molar-refractivity contribution in [2.75, 3.05) is 229 Å². The van der Waals surface area contributed by atoms with Crippen molar-refractivity contribution in [3.8, 4) is 80.1 Å². The van der Waals surface area contributed by atoms with Gasteiger partial charge in [-0.25, -0.2) is 14.8 Å². The number of amides is 10. The Kier molecular flexibility index (Phi) is 40.0. The zero-order valence-electron chi connectivity index (χ0n) is 78.7. The molecule has 1 unspecified atom stereocenters. The molecule has 0 radical (unpaired) electrons. The molecule has 4 aliphatic rings. The second kappa shape index (κ2) is 52.6. The van der Waals surface area contributed by atoms with E-state index >= 15 is 0 Å². The minimum absolute atomic E-state index is 0.0351. The van der Waals surface area contributed by atoms with E-state index in [0.717, 1.165) is 118 Å². The number of rotatable bonds is 54. The van der Waals surface area contributed by atoms with Crippen LogP contribution in [0.25, 0.3) is 22.6 Å². The van der Waals surface area contributed by atoms with Crippen LogP contribution in [0.5, 0.6) is 57.5 Å². The fraction of sp³-hybridized carbons (Fsp3) is 0.495. The lowest BCUT2D eigenvalue weighted by Crippen LogP contribution is -2.47. The third-order valence-electron chi connectivity index (χ3n) is 23.9. The summed E-state index contributed by atoms with van der Waals surface area (Å²) < 4.78 is 57.4. The fourth-order valence-electron chi connectivity index (χ4n) is 16.5. The maximum absolute atomic E-state index is 14.5. The first-order valence-electron chi connectivity index (χ1n) is 45.7. The van der Waals surface area contributed by atoms with Crippen molar-refractivity contribution >= 4 is 82.2 Å². The minimum atomic E-state index is -0.571. The Hall–Kier alpha value is -12.7. The molecule has 134 heavy (non-hydrogen) atoms. The Labute approximate surface area is 789 Å². The third kappa shape index (κ3) is 30.7. The number of ether oxygens (including phenoxy) is 10. The molecule has 7 N–H and O–H groups in total. The molecule has 7 aromatic rings. The van der Waals surface area contributed by atoms with Crippen molar-refractivity contribution in [2.45, 2.75) is 101 Å². The van der Waals surface area contributed by atoms with E-state index in [1.807, 2.05) is 89.5 Å². The van der Waals surface area contributed by atoms with E-state index in [-0.39, 0.29) is 170 Å². The van der Waals surface area contributed by atoms with Gasteiger partial charge in [0.1, 0.15) is 40.3 Å². The number of hydrogen-bond donors (Lipinski definition) is 7. The van der Waals surface area contributed by atoms with Crippen LogP contribution in [0.2, 0.25) is 0 Å². The van der Waals surface area contributed by atoms with Gasteiger partial charge in [-0.3, -0.25) is 53.1 Å². The number of benzene rings is 6. The molecule has 6 aromatic carbocycles. The summed E-state index contributed by atoms with van der Waals surface area (Å²) in [6, 6.07) is 39.8. The van der Waals surface area contributed by atoms with Gasteiger partial charge in [0, 0.05) is 199 Å². The molecule has 724 valence electrons. The maximum Gasteiger partial charge on any atom is 0.315 e. The summed E-state index contributed by atoms with van der Waals surface area (Å²) in [4.78, 5) is 147. The van der Waals surface area contributed by atoms with E-state index < -0.39 is 36.1 Å². The van der Waals surface area contributed by atoms with E-state index in [1.54, 1.807) is 85.0 Å². The Morgan fingerprint density at radius 1 is 0.433 bits per heavy atom. The number of anilines is 3. The minimum Gasteiger partial charge on any atom is -0.497 e. The molecule has 36 nitrogen and oxygen atoms in total. The van der Waals surface area contributed by atoms with Gasteiger partial charge in [-0.1, -0.05) is 42.8 Å². The zero-order chi connectivity index (χ0) is 95.3. The van der Waals surface area contributed by atoms with Gasteiger partial charge in [-0.15, -0.1) is 0 Å². The summed E-state index contributed by atoms with van der Waals surface area (Å²) in [5.41, 5.74) is 5.74. The first-order valence-corrected chi connectivity index (χ1v) is 46.8. The molecule has 0 aliphatic carbocycles. The number of methoxy groups -OCH3 is 8. The number of hydrogen-bond acceptors (Lipinski definition) is 27. The fourth-order valence-corrected chi connectivity index (χ4v) is 18.0. The Morgan fingerprint density at radius 3 is 1.44 bits per heavy atom. The van der Waals surface area contributed by atoms with Gasteiger partial charge in [0.15, 0.2) is 28.8 Å². The molecular formula is C97H131N17O19S. The number of unbranched alkanes of at least 4 members (excludes halogenated alkanes) is 1. The second-order valence-electron chi connectivity index (χ2n) is 33.2. The van der Waals surface area contributed by atoms with Crippen LogP contribution in [0, 0.1) is 0 Å². The van der Waals surface area contributed by atoms with Crippen molar-refractivity contribution in [3.05, 3.63) is 139 Å². The number of carbonyl (C=O) groups is 9. The summed E-state index contributed by atoms with van der Waals surface area (Å²) in [5.74, 6) is 3.86. The van der Waals surface area contributed by atoms with Crippen LogP contribution in [-0.2, 0) is 51.4 Å². The van der Waals surface area contributed by atoms with E-state index in [0.29, 0.717) is 82.1 Å². The largest absolute Gasteiger partial charge is 0.497 e. The van der Waals surface area contributed by atoms with E-state index in [1.165, 1.54) is 43.1 Å². The first kappa shape index (κ1) is 102. The van der Waals surface area contributed by atoms with Crippen LogP contribution in [0.15, 0.2) is 127 Å². The number of aromatic nitrogens is 2. The quantitative estimate of drug-likeness (QED) is 0.0142. The maximum atomic E-state index is 14.5. The number of nitrogens with one attached hydrogen (secondary N) is 7. The van der Waals surface area contributed by atoms with E-state index in [9.17, 15) is 43.2 Å². The lowest BCUT2D eigenvalue weighted by atomic mass is 10.0. The van der Waals surface area contributed by atoms with Gasteiger partial charge in [0.05, 0.1) is 124 Å². The van der Waals surface area contributed by atoms with Gasteiger partial charge in [0.2, 0.25) is 47.3 Å². The molecule has 3 atom stereocenters. The summed E-state index contributed by atoms with van der Waals surface area (Å²) >= 11 is 1.82. The first-order chi connectivity index (χ1) is 65.0. The number of para-hydroxylation sites is 4. The van der Waals surface area contributed by atoms with Crippen molar-refractivity contribution in [2.24, 2.45) is 0 Å². The molecule has 10 amide bonds. The highest BCUT2D eigenvalue weighted by molar-refractivity contribution is 8.00. The average Bonchev–Trinajstić information content (AvgIpc) is 1.68. The van der Waals surface area contributed by atoms with Crippen molar-refractivity contribution in [3.63, 3.8) is 0 Å². The number of urea groups is 1. The molecule has 0 spiro atoms. The van der Waals surface area contributed by atoms with E-state index in [4.69, 9.17) is 57.3 Å². The van der Waals surface area contributed by atoms with Gasteiger partial charge < -0.3 is 109 Å². The highest BCUT2D eigenvalue weighted by atomic mass is 32.2. The van der Waals surface area contributed by atoms with Crippen molar-refractivity contribution < 1.29 is 90.5 Å². The predicted octanol–water partition coefficient (Wildman–Crippen LogP) is 7.59.